The molecule has 3 heterocycles. The summed E-state index contributed by atoms with van der Waals surface area (Å²) in [6.07, 6.45) is 12.9. The first-order valence-electron chi connectivity index (χ1n) is 14.1. The van der Waals surface area contributed by atoms with Crippen molar-refractivity contribution in [3.05, 3.63) is 40.4 Å². The van der Waals surface area contributed by atoms with Gasteiger partial charge in [0.1, 0.15) is 18.1 Å². The Bertz CT molecular complexity index is 1030. The van der Waals surface area contributed by atoms with Crippen molar-refractivity contribution in [3.63, 3.8) is 0 Å². The third-order valence-electron chi connectivity index (χ3n) is 8.90. The molecule has 1 N–H and O–H groups in total. The zero-order valence-electron chi connectivity index (χ0n) is 21.8. The predicted octanol–water partition coefficient (Wildman–Crippen LogP) is 5.79. The van der Waals surface area contributed by atoms with Crippen LogP contribution < -0.4 is 0 Å². The molecule has 36 heavy (non-hydrogen) atoms. The highest BCUT2D eigenvalue weighted by Crippen LogP contribution is 2.51. The van der Waals surface area contributed by atoms with Crippen LogP contribution in [-0.2, 0) is 20.9 Å². The average Bonchev–Trinajstić information content (AvgIpc) is 3.59. The Kier molecular flexibility index (Phi) is 7.82. The van der Waals surface area contributed by atoms with Gasteiger partial charge in [0.15, 0.2) is 0 Å². The van der Waals surface area contributed by atoms with Crippen LogP contribution in [0.25, 0.3) is 6.08 Å². The first-order valence-corrected chi connectivity index (χ1v) is 14.1. The summed E-state index contributed by atoms with van der Waals surface area (Å²) in [5, 5.41) is 9.27. The van der Waals surface area contributed by atoms with E-state index in [9.17, 15) is 14.7 Å². The van der Waals surface area contributed by atoms with Crippen LogP contribution >= 0.6 is 0 Å². The fraction of sp³-hybridized carbons (Fsp3) is 0.667. The molecule has 0 bridgehead atoms. The second kappa shape index (κ2) is 11.1. The highest BCUT2D eigenvalue weighted by molar-refractivity contribution is 6.06. The van der Waals surface area contributed by atoms with Crippen LogP contribution in [0.4, 0.5) is 0 Å². The van der Waals surface area contributed by atoms with Crippen molar-refractivity contribution in [2.45, 2.75) is 103 Å². The van der Waals surface area contributed by atoms with Crippen molar-refractivity contribution >= 4 is 17.9 Å². The number of rotatable bonds is 9. The molecule has 0 unspecified atom stereocenters. The molecule has 0 radical (unpaired) electrons. The number of carbonyl (C=O) groups excluding carboxylic acids is 2. The topological polar surface area (TPSA) is 80.0 Å². The summed E-state index contributed by atoms with van der Waals surface area (Å²) in [5.41, 5.74) is 3.99. The van der Waals surface area contributed by atoms with Gasteiger partial charge in [-0.25, -0.2) is 0 Å². The summed E-state index contributed by atoms with van der Waals surface area (Å²) >= 11 is 0. The Balaban J connectivity index is 1.34. The molecular formula is C30H41NO5. The third-order valence-corrected chi connectivity index (χ3v) is 8.90. The first kappa shape index (κ1) is 25.5. The highest BCUT2D eigenvalue weighted by atomic mass is 16.5. The zero-order chi connectivity index (χ0) is 25.2. The minimum Gasteiger partial charge on any atom is -0.459 e. The van der Waals surface area contributed by atoms with Crippen molar-refractivity contribution < 1.29 is 23.8 Å². The summed E-state index contributed by atoms with van der Waals surface area (Å²) in [4.78, 5) is 28.9. The van der Waals surface area contributed by atoms with Gasteiger partial charge in [0.2, 0.25) is 11.8 Å². The molecule has 196 valence electrons. The van der Waals surface area contributed by atoms with E-state index in [-0.39, 0.29) is 48.3 Å². The van der Waals surface area contributed by atoms with E-state index in [2.05, 4.69) is 19.9 Å². The van der Waals surface area contributed by atoms with E-state index in [0.717, 1.165) is 70.0 Å². The van der Waals surface area contributed by atoms with Gasteiger partial charge in [-0.1, -0.05) is 50.7 Å². The van der Waals surface area contributed by atoms with Gasteiger partial charge in [-0.05, 0) is 68.7 Å². The predicted molar refractivity (Wildman–Crippen MR) is 138 cm³/mol. The number of aliphatic hydroxyl groups excluding tert-OH is 1. The second-order valence-electron chi connectivity index (χ2n) is 11.1. The number of aliphatic hydroxyl groups is 1. The van der Waals surface area contributed by atoms with Crippen LogP contribution in [-0.4, -0.2) is 40.6 Å². The van der Waals surface area contributed by atoms with Crippen LogP contribution in [0.5, 0.6) is 0 Å². The number of imide groups is 1. The Morgan fingerprint density at radius 2 is 1.92 bits per heavy atom. The van der Waals surface area contributed by atoms with Crippen molar-refractivity contribution in [2.75, 3.05) is 6.61 Å². The van der Waals surface area contributed by atoms with Crippen LogP contribution in [0.15, 0.2) is 33.3 Å². The number of fused-ring (bicyclic) bond motifs is 3. The van der Waals surface area contributed by atoms with Gasteiger partial charge >= 0.3 is 0 Å². The number of likely N-dealkylation sites (tertiary alicyclic amines) is 1. The second-order valence-corrected chi connectivity index (χ2v) is 11.1. The van der Waals surface area contributed by atoms with E-state index in [4.69, 9.17) is 9.15 Å². The molecular weight excluding hydrogens is 454 g/mol. The minimum absolute atomic E-state index is 0.0173. The van der Waals surface area contributed by atoms with Crippen LogP contribution in [0.1, 0.15) is 96.0 Å². The molecule has 1 aromatic heterocycles. The fourth-order valence-electron chi connectivity index (χ4n) is 7.16. The third kappa shape index (κ3) is 4.74. The molecule has 2 saturated heterocycles. The summed E-state index contributed by atoms with van der Waals surface area (Å²) < 4.78 is 12.1. The Labute approximate surface area is 214 Å². The molecule has 6 nitrogen and oxygen atoms in total. The maximum atomic E-state index is 13.7. The first-order chi connectivity index (χ1) is 17.5. The van der Waals surface area contributed by atoms with Gasteiger partial charge in [0.25, 0.3) is 0 Å². The van der Waals surface area contributed by atoms with Crippen LogP contribution in [0.3, 0.4) is 0 Å². The lowest BCUT2D eigenvalue weighted by molar-refractivity contribution is -0.143. The number of ether oxygens (including phenoxy) is 1. The number of hydrogen-bond acceptors (Lipinski definition) is 5. The summed E-state index contributed by atoms with van der Waals surface area (Å²) in [5.74, 6) is 1.12. The van der Waals surface area contributed by atoms with Gasteiger partial charge in [-0.3, -0.25) is 14.5 Å². The van der Waals surface area contributed by atoms with E-state index < -0.39 is 0 Å². The SMILES string of the molecule is CCCC1=C2[C@@H](CC/C(=C/c3ccc(CO)o3)CC)OC[C@@H]2[C@@H]2C(=O)N(C3CCCCC3)C(=O)[C@@H]2C1. The molecule has 2 aliphatic carbocycles. The number of hydrogen-bond donors (Lipinski definition) is 1. The lowest BCUT2D eigenvalue weighted by atomic mass is 9.68. The largest absolute Gasteiger partial charge is 0.459 e. The number of carbonyl (C=O) groups is 2. The van der Waals surface area contributed by atoms with Gasteiger partial charge in [0, 0.05) is 12.0 Å². The lowest BCUT2D eigenvalue weighted by Gasteiger charge is -2.32. The van der Waals surface area contributed by atoms with Gasteiger partial charge < -0.3 is 14.3 Å². The molecule has 2 aliphatic heterocycles. The lowest BCUT2D eigenvalue weighted by Crippen LogP contribution is -2.42. The van der Waals surface area contributed by atoms with Crippen molar-refractivity contribution in [2.24, 2.45) is 17.8 Å². The normalized spacial score (nSPS) is 29.3. The molecule has 4 aliphatic rings. The van der Waals surface area contributed by atoms with Gasteiger partial charge in [0.05, 0.1) is 24.5 Å². The number of nitrogens with zero attached hydrogens (tertiary/aromatic N) is 1. The Morgan fingerprint density at radius 3 is 2.61 bits per heavy atom. The summed E-state index contributed by atoms with van der Waals surface area (Å²) in [7, 11) is 0. The molecule has 5 rings (SSSR count). The van der Waals surface area contributed by atoms with E-state index in [1.54, 1.807) is 11.0 Å². The molecule has 4 atom stereocenters. The number of allylic oxidation sites excluding steroid dienone is 2. The highest BCUT2D eigenvalue weighted by Gasteiger charge is 2.57. The summed E-state index contributed by atoms with van der Waals surface area (Å²) in [6.45, 7) is 4.80. The smallest absolute Gasteiger partial charge is 0.234 e. The quantitative estimate of drug-likeness (QED) is 0.346. The Morgan fingerprint density at radius 1 is 1.11 bits per heavy atom. The maximum Gasteiger partial charge on any atom is 0.234 e. The number of furan rings is 1. The van der Waals surface area contributed by atoms with E-state index in [1.807, 2.05) is 6.07 Å². The van der Waals surface area contributed by atoms with Gasteiger partial charge in [-0.2, -0.15) is 0 Å². The molecule has 2 amide bonds. The minimum atomic E-state index is -0.235. The number of amides is 2. The van der Waals surface area contributed by atoms with E-state index >= 15 is 0 Å². The molecule has 6 heteroatoms. The van der Waals surface area contributed by atoms with Crippen molar-refractivity contribution in [1.29, 1.82) is 0 Å². The molecule has 0 aromatic carbocycles. The standard InChI is InChI=1S/C30H41NO5/c1-3-8-20-16-24-28(30(34)31(29(24)33)21-9-6-5-7-10-21)25-18-35-26(27(20)25)14-11-19(4-2)15-22-12-13-23(17-32)36-22/h12-13,15,21,24-26,28,32H,3-11,14,16-18H2,1-2H3/b19-15+/t24-,25+,26-,28-/m1/s1. The monoisotopic (exact) mass is 495 g/mol. The summed E-state index contributed by atoms with van der Waals surface area (Å²) in [6, 6.07) is 3.80. The van der Waals surface area contributed by atoms with E-state index in [0.29, 0.717) is 12.4 Å². The van der Waals surface area contributed by atoms with Gasteiger partial charge in [-0.15, -0.1) is 0 Å². The maximum absolute atomic E-state index is 13.7. The van der Waals surface area contributed by atoms with Crippen molar-refractivity contribution in [1.82, 2.24) is 4.90 Å². The van der Waals surface area contributed by atoms with Crippen LogP contribution in [0, 0.1) is 17.8 Å². The Hall–Kier alpha value is -2.18. The van der Waals surface area contributed by atoms with Crippen LogP contribution in [0.2, 0.25) is 0 Å². The molecule has 1 aromatic rings. The molecule has 3 fully saturated rings. The zero-order valence-corrected chi connectivity index (χ0v) is 21.8. The fourth-order valence-corrected chi connectivity index (χ4v) is 7.16. The van der Waals surface area contributed by atoms with Crippen molar-refractivity contribution in [3.8, 4) is 0 Å². The van der Waals surface area contributed by atoms with E-state index in [1.165, 1.54) is 23.1 Å². The molecule has 1 saturated carbocycles. The molecule has 0 spiro atoms. The average molecular weight is 496 g/mol.